The van der Waals surface area contributed by atoms with Crippen LogP contribution < -0.4 is 20.1 Å². The Kier molecular flexibility index (Phi) is 10.4. The van der Waals surface area contributed by atoms with Crippen molar-refractivity contribution in [3.05, 3.63) is 54.1 Å². The van der Waals surface area contributed by atoms with Gasteiger partial charge in [-0.1, -0.05) is 18.2 Å². The van der Waals surface area contributed by atoms with Crippen LogP contribution in [0.3, 0.4) is 0 Å². The maximum absolute atomic E-state index is 5.74. The van der Waals surface area contributed by atoms with Crippen LogP contribution in [0, 0.1) is 0 Å². The predicted octanol–water partition coefficient (Wildman–Crippen LogP) is 3.31. The van der Waals surface area contributed by atoms with Gasteiger partial charge in [0.15, 0.2) is 5.96 Å². The molecule has 0 saturated carbocycles. The van der Waals surface area contributed by atoms with E-state index in [1.54, 1.807) is 21.3 Å². The number of guanidine groups is 1. The van der Waals surface area contributed by atoms with Crippen molar-refractivity contribution in [2.45, 2.75) is 13.0 Å². The molecule has 0 aliphatic rings. The van der Waals surface area contributed by atoms with Gasteiger partial charge in [-0.05, 0) is 29.8 Å². The molecule has 158 valence electrons. The minimum atomic E-state index is 0.541. The highest BCUT2D eigenvalue weighted by Gasteiger charge is 2.03. The summed E-state index contributed by atoms with van der Waals surface area (Å²) >= 11 is 0. The number of benzene rings is 2. The van der Waals surface area contributed by atoms with E-state index in [9.17, 15) is 0 Å². The van der Waals surface area contributed by atoms with Gasteiger partial charge in [-0.15, -0.1) is 0 Å². The van der Waals surface area contributed by atoms with Crippen molar-refractivity contribution in [2.75, 3.05) is 53.0 Å². The number of aliphatic imine (C=N–C) groups is 1. The van der Waals surface area contributed by atoms with Crippen molar-refractivity contribution < 1.29 is 18.9 Å². The molecule has 0 radical (unpaired) electrons. The minimum absolute atomic E-state index is 0.541. The maximum atomic E-state index is 5.74. The van der Waals surface area contributed by atoms with Crippen molar-refractivity contribution in [1.29, 1.82) is 0 Å². The summed E-state index contributed by atoms with van der Waals surface area (Å²) in [7, 11) is 5.09. The molecule has 2 N–H and O–H groups in total. The average molecular weight is 402 g/mol. The number of nitrogens with one attached hydrogen (secondary N) is 2. The second-order valence-electron chi connectivity index (χ2n) is 6.26. The van der Waals surface area contributed by atoms with Gasteiger partial charge >= 0.3 is 0 Å². The summed E-state index contributed by atoms with van der Waals surface area (Å²) in [5.41, 5.74) is 2.03. The van der Waals surface area contributed by atoms with E-state index >= 15 is 0 Å². The summed E-state index contributed by atoms with van der Waals surface area (Å²) < 4.78 is 21.3. The van der Waals surface area contributed by atoms with Crippen LogP contribution >= 0.6 is 0 Å². The van der Waals surface area contributed by atoms with Crippen molar-refractivity contribution in [1.82, 2.24) is 5.32 Å². The summed E-state index contributed by atoms with van der Waals surface area (Å²) in [5, 5.41) is 6.59. The Bertz CT molecular complexity index is 735. The standard InChI is InChI=1S/C22H31N3O4/c1-23-22(24-17-18-8-10-20(11-9-18)29-15-14-27-3)25-19-6-4-7-21(16-19)28-13-5-12-26-2/h4,6-11,16H,5,12-15,17H2,1-3H3,(H2,23,24,25). The predicted molar refractivity (Wildman–Crippen MR) is 116 cm³/mol. The van der Waals surface area contributed by atoms with Gasteiger partial charge < -0.3 is 29.6 Å². The first-order valence-corrected chi connectivity index (χ1v) is 9.65. The van der Waals surface area contributed by atoms with E-state index < -0.39 is 0 Å². The summed E-state index contributed by atoms with van der Waals surface area (Å²) in [6.07, 6.45) is 0.855. The van der Waals surface area contributed by atoms with Gasteiger partial charge in [-0.2, -0.15) is 0 Å². The molecule has 7 heteroatoms. The molecule has 0 amide bonds. The summed E-state index contributed by atoms with van der Waals surface area (Å²) in [6.45, 7) is 3.07. The zero-order chi connectivity index (χ0) is 20.7. The molecule has 0 saturated heterocycles. The second kappa shape index (κ2) is 13.4. The minimum Gasteiger partial charge on any atom is -0.493 e. The number of hydrogen-bond donors (Lipinski definition) is 2. The first kappa shape index (κ1) is 22.5. The Morgan fingerprint density at radius 2 is 1.62 bits per heavy atom. The normalized spacial score (nSPS) is 11.2. The Hall–Kier alpha value is -2.77. The van der Waals surface area contributed by atoms with Gasteiger partial charge in [0.25, 0.3) is 0 Å². The number of hydrogen-bond acceptors (Lipinski definition) is 5. The number of ether oxygens (including phenoxy) is 4. The molecule has 2 aromatic rings. The molecule has 0 bridgehead atoms. The van der Waals surface area contributed by atoms with E-state index in [1.807, 2.05) is 48.5 Å². The fourth-order valence-electron chi connectivity index (χ4n) is 2.50. The van der Waals surface area contributed by atoms with Gasteiger partial charge in [0, 0.05) is 52.6 Å². The van der Waals surface area contributed by atoms with E-state index in [2.05, 4.69) is 15.6 Å². The van der Waals surface area contributed by atoms with Crippen molar-refractivity contribution in [3.63, 3.8) is 0 Å². The highest BCUT2D eigenvalue weighted by atomic mass is 16.5. The summed E-state index contributed by atoms with van der Waals surface area (Å²) in [5.74, 6) is 2.32. The van der Waals surface area contributed by atoms with Gasteiger partial charge in [0.05, 0.1) is 13.2 Å². The third kappa shape index (κ3) is 8.85. The van der Waals surface area contributed by atoms with Crippen LogP contribution in [0.4, 0.5) is 5.69 Å². The molecule has 0 aliphatic carbocycles. The van der Waals surface area contributed by atoms with E-state index in [4.69, 9.17) is 18.9 Å². The number of nitrogens with zero attached hydrogens (tertiary/aromatic N) is 1. The Morgan fingerprint density at radius 1 is 0.862 bits per heavy atom. The van der Waals surface area contributed by atoms with Gasteiger partial charge in [-0.25, -0.2) is 0 Å². The topological polar surface area (TPSA) is 73.3 Å². The Morgan fingerprint density at radius 3 is 2.34 bits per heavy atom. The quantitative estimate of drug-likeness (QED) is 0.323. The van der Waals surface area contributed by atoms with Crippen LogP contribution in [0.5, 0.6) is 11.5 Å². The molecule has 0 spiro atoms. The van der Waals surface area contributed by atoms with Gasteiger partial charge in [0.2, 0.25) is 0 Å². The van der Waals surface area contributed by atoms with Crippen molar-refractivity contribution in [3.8, 4) is 11.5 Å². The lowest BCUT2D eigenvalue weighted by atomic mass is 10.2. The molecule has 2 aromatic carbocycles. The highest BCUT2D eigenvalue weighted by molar-refractivity contribution is 5.93. The molecular weight excluding hydrogens is 370 g/mol. The monoisotopic (exact) mass is 401 g/mol. The van der Waals surface area contributed by atoms with Crippen LogP contribution in [-0.2, 0) is 16.0 Å². The fraction of sp³-hybridized carbons (Fsp3) is 0.409. The SMILES string of the molecule is CN=C(NCc1ccc(OCCOC)cc1)Nc1cccc(OCCCOC)c1. The smallest absolute Gasteiger partial charge is 0.195 e. The molecule has 2 rings (SSSR count). The van der Waals surface area contributed by atoms with Crippen LogP contribution in [-0.4, -0.2) is 53.7 Å². The lowest BCUT2D eigenvalue weighted by Gasteiger charge is -2.13. The van der Waals surface area contributed by atoms with Crippen LogP contribution in [0.15, 0.2) is 53.5 Å². The van der Waals surface area contributed by atoms with Crippen LogP contribution in [0.25, 0.3) is 0 Å². The third-order valence-corrected chi connectivity index (χ3v) is 4.02. The first-order chi connectivity index (χ1) is 14.2. The van der Waals surface area contributed by atoms with Crippen molar-refractivity contribution in [2.24, 2.45) is 4.99 Å². The van der Waals surface area contributed by atoms with Gasteiger partial charge in [0.1, 0.15) is 18.1 Å². The lowest BCUT2D eigenvalue weighted by molar-refractivity contribution is 0.146. The van der Waals surface area contributed by atoms with Crippen molar-refractivity contribution >= 4 is 11.6 Å². The molecule has 0 atom stereocenters. The zero-order valence-corrected chi connectivity index (χ0v) is 17.4. The average Bonchev–Trinajstić information content (AvgIpc) is 2.75. The van der Waals surface area contributed by atoms with E-state index in [-0.39, 0.29) is 0 Å². The highest BCUT2D eigenvalue weighted by Crippen LogP contribution is 2.17. The molecule has 29 heavy (non-hydrogen) atoms. The maximum Gasteiger partial charge on any atom is 0.195 e. The Balaban J connectivity index is 1.81. The number of anilines is 1. The van der Waals surface area contributed by atoms with E-state index in [0.29, 0.717) is 38.9 Å². The Labute approximate surface area is 173 Å². The summed E-state index contributed by atoms with van der Waals surface area (Å²) in [6, 6.07) is 15.8. The van der Waals surface area contributed by atoms with E-state index in [0.717, 1.165) is 29.2 Å². The number of rotatable bonds is 12. The lowest BCUT2D eigenvalue weighted by Crippen LogP contribution is -2.30. The molecule has 0 fully saturated rings. The molecule has 0 unspecified atom stereocenters. The third-order valence-electron chi connectivity index (χ3n) is 4.02. The molecular formula is C22H31N3O4. The van der Waals surface area contributed by atoms with E-state index in [1.165, 1.54) is 0 Å². The molecule has 0 aromatic heterocycles. The fourth-order valence-corrected chi connectivity index (χ4v) is 2.50. The van der Waals surface area contributed by atoms with Gasteiger partial charge in [-0.3, -0.25) is 4.99 Å². The first-order valence-electron chi connectivity index (χ1n) is 9.65. The molecule has 0 heterocycles. The molecule has 7 nitrogen and oxygen atoms in total. The van der Waals surface area contributed by atoms with Crippen LogP contribution in [0.2, 0.25) is 0 Å². The molecule has 0 aliphatic heterocycles. The number of methoxy groups -OCH3 is 2. The largest absolute Gasteiger partial charge is 0.493 e. The zero-order valence-electron chi connectivity index (χ0n) is 17.4. The second-order valence-corrected chi connectivity index (χ2v) is 6.26. The van der Waals surface area contributed by atoms with Crippen LogP contribution in [0.1, 0.15) is 12.0 Å². The summed E-state index contributed by atoms with van der Waals surface area (Å²) in [4.78, 5) is 4.28.